The van der Waals surface area contributed by atoms with Crippen molar-refractivity contribution in [1.82, 2.24) is 4.98 Å². The number of benzene rings is 1. The summed E-state index contributed by atoms with van der Waals surface area (Å²) < 4.78 is 5.73. The first kappa shape index (κ1) is 12.5. The zero-order valence-corrected chi connectivity index (χ0v) is 11.4. The van der Waals surface area contributed by atoms with E-state index in [1.54, 1.807) is 0 Å². The summed E-state index contributed by atoms with van der Waals surface area (Å²) in [6.07, 6.45) is 4.71. The fourth-order valence-corrected chi connectivity index (χ4v) is 2.82. The van der Waals surface area contributed by atoms with Crippen molar-refractivity contribution in [2.45, 2.75) is 38.6 Å². The molecule has 0 atom stereocenters. The Kier molecular flexibility index (Phi) is 3.42. The van der Waals surface area contributed by atoms with Gasteiger partial charge in [0.2, 0.25) is 0 Å². The van der Waals surface area contributed by atoms with Crippen LogP contribution in [0.3, 0.4) is 0 Å². The van der Waals surface area contributed by atoms with Gasteiger partial charge in [-0.15, -0.1) is 0 Å². The molecule has 1 fully saturated rings. The number of hydrogen-bond donors (Lipinski definition) is 2. The van der Waals surface area contributed by atoms with Crippen LogP contribution in [0.2, 0.25) is 0 Å². The summed E-state index contributed by atoms with van der Waals surface area (Å²) in [5.41, 5.74) is 8.70. The first-order chi connectivity index (χ1) is 9.24. The molecule has 0 bridgehead atoms. The molecule has 1 aromatic heterocycles. The summed E-state index contributed by atoms with van der Waals surface area (Å²) in [5, 5.41) is 3.42. The van der Waals surface area contributed by atoms with Crippen molar-refractivity contribution in [1.29, 1.82) is 0 Å². The lowest BCUT2D eigenvalue weighted by Crippen LogP contribution is -2.29. The molecule has 1 heterocycles. The minimum atomic E-state index is 0.469. The molecule has 4 heteroatoms. The van der Waals surface area contributed by atoms with E-state index in [0.717, 1.165) is 30.5 Å². The molecule has 0 radical (unpaired) electrons. The van der Waals surface area contributed by atoms with Gasteiger partial charge in [-0.2, -0.15) is 4.98 Å². The Morgan fingerprint density at radius 2 is 2.11 bits per heavy atom. The van der Waals surface area contributed by atoms with Crippen LogP contribution in [0.4, 0.5) is 6.01 Å². The summed E-state index contributed by atoms with van der Waals surface area (Å²) in [7, 11) is 0. The van der Waals surface area contributed by atoms with Crippen LogP contribution < -0.4 is 11.1 Å². The van der Waals surface area contributed by atoms with Crippen molar-refractivity contribution in [3.05, 3.63) is 23.8 Å². The van der Waals surface area contributed by atoms with Crippen LogP contribution in [-0.4, -0.2) is 17.6 Å². The molecule has 3 N–H and O–H groups in total. The van der Waals surface area contributed by atoms with E-state index in [1.165, 1.54) is 18.4 Å². The number of hydrogen-bond acceptors (Lipinski definition) is 4. The highest BCUT2D eigenvalue weighted by molar-refractivity contribution is 5.75. The number of aryl methyl sites for hydroxylation is 1. The van der Waals surface area contributed by atoms with E-state index in [4.69, 9.17) is 10.2 Å². The van der Waals surface area contributed by atoms with Crippen molar-refractivity contribution >= 4 is 17.1 Å². The van der Waals surface area contributed by atoms with Gasteiger partial charge >= 0.3 is 0 Å². The van der Waals surface area contributed by atoms with Gasteiger partial charge < -0.3 is 15.5 Å². The number of aromatic nitrogens is 1. The molecule has 102 valence electrons. The van der Waals surface area contributed by atoms with E-state index >= 15 is 0 Å². The average molecular weight is 259 g/mol. The molecule has 0 amide bonds. The molecule has 4 nitrogen and oxygen atoms in total. The first-order valence-corrected chi connectivity index (χ1v) is 7.08. The SMILES string of the molecule is Cc1ccc2oc(NC3CCC(CN)CC3)nc2c1. The van der Waals surface area contributed by atoms with Gasteiger partial charge in [0.15, 0.2) is 5.58 Å². The molecule has 2 aromatic rings. The van der Waals surface area contributed by atoms with E-state index < -0.39 is 0 Å². The Morgan fingerprint density at radius 1 is 1.32 bits per heavy atom. The highest BCUT2D eigenvalue weighted by Crippen LogP contribution is 2.27. The molecule has 1 aromatic carbocycles. The fourth-order valence-electron chi connectivity index (χ4n) is 2.82. The van der Waals surface area contributed by atoms with Crippen LogP contribution in [0, 0.1) is 12.8 Å². The van der Waals surface area contributed by atoms with E-state index in [9.17, 15) is 0 Å². The van der Waals surface area contributed by atoms with E-state index in [1.807, 2.05) is 12.1 Å². The summed E-state index contributed by atoms with van der Waals surface area (Å²) in [4.78, 5) is 4.50. The van der Waals surface area contributed by atoms with Crippen LogP contribution in [0.25, 0.3) is 11.1 Å². The highest BCUT2D eigenvalue weighted by Gasteiger charge is 2.21. The normalized spacial score (nSPS) is 23.7. The largest absolute Gasteiger partial charge is 0.424 e. The van der Waals surface area contributed by atoms with Crippen LogP contribution >= 0.6 is 0 Å². The number of nitrogens with two attached hydrogens (primary N) is 1. The highest BCUT2D eigenvalue weighted by atomic mass is 16.4. The number of oxazole rings is 1. The number of nitrogens with zero attached hydrogens (tertiary/aromatic N) is 1. The molecule has 3 rings (SSSR count). The Hall–Kier alpha value is -1.55. The quantitative estimate of drug-likeness (QED) is 0.889. The molecular formula is C15H21N3O. The zero-order valence-electron chi connectivity index (χ0n) is 11.4. The Bertz CT molecular complexity index is 556. The Balaban J connectivity index is 1.68. The van der Waals surface area contributed by atoms with Crippen LogP contribution in [-0.2, 0) is 0 Å². The standard InChI is InChI=1S/C15H21N3O/c1-10-2-7-14-13(8-10)18-15(19-14)17-12-5-3-11(9-16)4-6-12/h2,7-8,11-12H,3-6,9,16H2,1H3,(H,17,18). The van der Waals surface area contributed by atoms with E-state index in [0.29, 0.717) is 18.0 Å². The summed E-state index contributed by atoms with van der Waals surface area (Å²) in [6, 6.07) is 7.20. The maximum Gasteiger partial charge on any atom is 0.295 e. The van der Waals surface area contributed by atoms with Gasteiger partial charge in [0.25, 0.3) is 6.01 Å². The van der Waals surface area contributed by atoms with Gasteiger partial charge in [-0.05, 0) is 62.8 Å². The van der Waals surface area contributed by atoms with Gasteiger partial charge in [-0.1, -0.05) is 6.07 Å². The van der Waals surface area contributed by atoms with Gasteiger partial charge in [0.05, 0.1) is 0 Å². The van der Waals surface area contributed by atoms with E-state index in [-0.39, 0.29) is 0 Å². The number of anilines is 1. The molecule has 0 saturated heterocycles. The summed E-state index contributed by atoms with van der Waals surface area (Å²) in [6.45, 7) is 2.88. The third kappa shape index (κ3) is 2.73. The monoisotopic (exact) mass is 259 g/mol. The van der Waals surface area contributed by atoms with E-state index in [2.05, 4.69) is 23.3 Å². The van der Waals surface area contributed by atoms with Crippen molar-refractivity contribution in [3.8, 4) is 0 Å². The first-order valence-electron chi connectivity index (χ1n) is 7.08. The third-order valence-corrected chi connectivity index (χ3v) is 4.05. The summed E-state index contributed by atoms with van der Waals surface area (Å²) >= 11 is 0. The predicted octanol–water partition coefficient (Wildman–Crippen LogP) is 3.07. The number of rotatable bonds is 3. The maximum absolute atomic E-state index is 5.73. The lowest BCUT2D eigenvalue weighted by molar-refractivity contribution is 0.341. The maximum atomic E-state index is 5.73. The van der Waals surface area contributed by atoms with Gasteiger partial charge in [0.1, 0.15) is 5.52 Å². The van der Waals surface area contributed by atoms with Gasteiger partial charge in [-0.25, -0.2) is 0 Å². The zero-order chi connectivity index (χ0) is 13.2. The number of fused-ring (bicyclic) bond motifs is 1. The van der Waals surface area contributed by atoms with Crippen molar-refractivity contribution in [2.24, 2.45) is 11.7 Å². The van der Waals surface area contributed by atoms with Crippen molar-refractivity contribution < 1.29 is 4.42 Å². The Morgan fingerprint density at radius 3 is 2.84 bits per heavy atom. The minimum absolute atomic E-state index is 0.469. The lowest BCUT2D eigenvalue weighted by atomic mass is 9.86. The Labute approximate surface area is 113 Å². The molecular weight excluding hydrogens is 238 g/mol. The molecule has 19 heavy (non-hydrogen) atoms. The second kappa shape index (κ2) is 5.21. The molecule has 1 aliphatic carbocycles. The smallest absolute Gasteiger partial charge is 0.295 e. The predicted molar refractivity (Wildman–Crippen MR) is 77.2 cm³/mol. The molecule has 1 aliphatic rings. The third-order valence-electron chi connectivity index (χ3n) is 4.05. The molecule has 1 saturated carbocycles. The van der Waals surface area contributed by atoms with Crippen molar-refractivity contribution in [2.75, 3.05) is 11.9 Å². The average Bonchev–Trinajstić information content (AvgIpc) is 2.81. The summed E-state index contributed by atoms with van der Waals surface area (Å²) in [5.74, 6) is 0.698. The second-order valence-electron chi connectivity index (χ2n) is 5.59. The van der Waals surface area contributed by atoms with Gasteiger partial charge in [-0.3, -0.25) is 0 Å². The number of nitrogens with one attached hydrogen (secondary N) is 1. The van der Waals surface area contributed by atoms with Crippen LogP contribution in [0.1, 0.15) is 31.2 Å². The lowest BCUT2D eigenvalue weighted by Gasteiger charge is -2.27. The minimum Gasteiger partial charge on any atom is -0.424 e. The molecule has 0 unspecified atom stereocenters. The topological polar surface area (TPSA) is 64.1 Å². The van der Waals surface area contributed by atoms with Gasteiger partial charge in [0, 0.05) is 6.04 Å². The molecule has 0 aliphatic heterocycles. The fraction of sp³-hybridized carbons (Fsp3) is 0.533. The van der Waals surface area contributed by atoms with Crippen LogP contribution in [0.5, 0.6) is 0 Å². The van der Waals surface area contributed by atoms with Crippen molar-refractivity contribution in [3.63, 3.8) is 0 Å². The second-order valence-corrected chi connectivity index (χ2v) is 5.59. The van der Waals surface area contributed by atoms with Crippen LogP contribution in [0.15, 0.2) is 22.6 Å². The molecule has 0 spiro atoms.